The Morgan fingerprint density at radius 1 is 1.42 bits per heavy atom. The van der Waals surface area contributed by atoms with E-state index >= 15 is 0 Å². The molecule has 0 aliphatic carbocycles. The summed E-state index contributed by atoms with van der Waals surface area (Å²) in [5.74, 6) is -0.0701. The van der Waals surface area contributed by atoms with Gasteiger partial charge in [-0.15, -0.1) is 0 Å². The summed E-state index contributed by atoms with van der Waals surface area (Å²) in [7, 11) is -2.05. The summed E-state index contributed by atoms with van der Waals surface area (Å²) in [6.07, 6.45) is 1.33. The predicted octanol–water partition coefficient (Wildman–Crippen LogP) is 1.75. The topological polar surface area (TPSA) is 75.3 Å². The summed E-state index contributed by atoms with van der Waals surface area (Å²) in [6, 6.07) is 4.77. The minimum Gasteiger partial charge on any atom is -0.326 e. The molecule has 6 heteroatoms. The molecule has 2 N–H and O–H groups in total. The summed E-state index contributed by atoms with van der Waals surface area (Å²) in [5.41, 5.74) is 1.58. The van der Waals surface area contributed by atoms with Crippen molar-refractivity contribution in [1.82, 2.24) is 4.72 Å². The standard InChI is InChI=1S/C12H16N2O3S.CH4/c1-3-8-6-9-7-10(18(16,17)13-2)4-5-11(9)14-12(8)15;/h4-5,7-8,13H,3,6H2,1-2H3,(H,14,15);1H4. The van der Waals surface area contributed by atoms with Crippen molar-refractivity contribution in [3.8, 4) is 0 Å². The maximum Gasteiger partial charge on any atom is 0.240 e. The van der Waals surface area contributed by atoms with Crippen LogP contribution in [-0.4, -0.2) is 21.4 Å². The zero-order chi connectivity index (χ0) is 13.3. The van der Waals surface area contributed by atoms with Crippen LogP contribution < -0.4 is 10.0 Å². The van der Waals surface area contributed by atoms with E-state index in [0.29, 0.717) is 12.1 Å². The summed E-state index contributed by atoms with van der Waals surface area (Å²) in [6.45, 7) is 1.95. The second-order valence-electron chi connectivity index (χ2n) is 4.33. The smallest absolute Gasteiger partial charge is 0.240 e. The molecular weight excluding hydrogens is 264 g/mol. The van der Waals surface area contributed by atoms with Gasteiger partial charge in [0.2, 0.25) is 15.9 Å². The number of sulfonamides is 1. The Balaban J connectivity index is 0.00000180. The molecule has 1 aliphatic rings. The summed E-state index contributed by atoms with van der Waals surface area (Å²) < 4.78 is 25.7. The van der Waals surface area contributed by atoms with Gasteiger partial charge in [0, 0.05) is 11.6 Å². The van der Waals surface area contributed by atoms with E-state index in [2.05, 4.69) is 10.0 Å². The third kappa shape index (κ3) is 2.96. The first-order valence-corrected chi connectivity index (χ1v) is 7.33. The molecule has 106 valence electrons. The van der Waals surface area contributed by atoms with Crippen LogP contribution in [0.4, 0.5) is 5.69 Å². The van der Waals surface area contributed by atoms with E-state index in [0.717, 1.165) is 12.0 Å². The molecule has 1 aliphatic heterocycles. The van der Waals surface area contributed by atoms with Gasteiger partial charge < -0.3 is 5.32 Å². The van der Waals surface area contributed by atoms with E-state index in [1.165, 1.54) is 13.1 Å². The van der Waals surface area contributed by atoms with Crippen LogP contribution in [0.15, 0.2) is 23.1 Å². The quantitative estimate of drug-likeness (QED) is 0.888. The number of fused-ring (bicyclic) bond motifs is 1. The zero-order valence-corrected chi connectivity index (χ0v) is 11.2. The third-order valence-corrected chi connectivity index (χ3v) is 4.66. The van der Waals surface area contributed by atoms with Crippen molar-refractivity contribution in [2.75, 3.05) is 12.4 Å². The molecule has 1 aromatic carbocycles. The highest BCUT2D eigenvalue weighted by atomic mass is 32.2. The molecule has 1 heterocycles. The number of carbonyl (C=O) groups is 1. The first-order valence-electron chi connectivity index (χ1n) is 5.85. The third-order valence-electron chi connectivity index (χ3n) is 3.24. The molecule has 0 aromatic heterocycles. The molecule has 0 saturated carbocycles. The van der Waals surface area contributed by atoms with E-state index in [-0.39, 0.29) is 24.1 Å². The Morgan fingerprint density at radius 2 is 2.11 bits per heavy atom. The molecule has 0 fully saturated rings. The first-order chi connectivity index (χ1) is 8.47. The monoisotopic (exact) mass is 284 g/mol. The Labute approximate surface area is 114 Å². The first kappa shape index (κ1) is 15.7. The van der Waals surface area contributed by atoms with Gasteiger partial charge in [-0.3, -0.25) is 4.79 Å². The van der Waals surface area contributed by atoms with Gasteiger partial charge >= 0.3 is 0 Å². The van der Waals surface area contributed by atoms with E-state index in [9.17, 15) is 13.2 Å². The van der Waals surface area contributed by atoms with Gasteiger partial charge in [0.25, 0.3) is 0 Å². The van der Waals surface area contributed by atoms with Crippen LogP contribution in [0, 0.1) is 5.92 Å². The minimum atomic E-state index is -3.43. The van der Waals surface area contributed by atoms with Crippen molar-refractivity contribution in [2.24, 2.45) is 5.92 Å². The Hall–Kier alpha value is -1.40. The van der Waals surface area contributed by atoms with Crippen molar-refractivity contribution >= 4 is 21.6 Å². The molecule has 1 unspecified atom stereocenters. The lowest BCUT2D eigenvalue weighted by Crippen LogP contribution is -2.29. The van der Waals surface area contributed by atoms with E-state index in [4.69, 9.17) is 0 Å². The fourth-order valence-electron chi connectivity index (χ4n) is 2.07. The molecule has 1 amide bonds. The molecule has 2 rings (SSSR count). The normalized spacial score (nSPS) is 18.2. The Kier molecular flexibility index (Phi) is 4.70. The second kappa shape index (κ2) is 5.71. The average molecular weight is 284 g/mol. The molecule has 0 bridgehead atoms. The fourth-order valence-corrected chi connectivity index (χ4v) is 2.85. The summed E-state index contributed by atoms with van der Waals surface area (Å²) >= 11 is 0. The largest absolute Gasteiger partial charge is 0.326 e. The molecule has 1 aromatic rings. The van der Waals surface area contributed by atoms with Gasteiger partial charge in [0.15, 0.2) is 0 Å². The van der Waals surface area contributed by atoms with Crippen molar-refractivity contribution in [3.63, 3.8) is 0 Å². The van der Waals surface area contributed by atoms with Crippen molar-refractivity contribution in [2.45, 2.75) is 32.1 Å². The maximum atomic E-state index is 11.7. The number of hydrogen-bond donors (Lipinski definition) is 2. The van der Waals surface area contributed by atoms with E-state index < -0.39 is 10.0 Å². The average Bonchev–Trinajstić information content (AvgIpc) is 2.37. The number of hydrogen-bond acceptors (Lipinski definition) is 3. The van der Waals surface area contributed by atoms with Crippen molar-refractivity contribution < 1.29 is 13.2 Å². The number of rotatable bonds is 3. The Bertz CT molecular complexity index is 582. The predicted molar refractivity (Wildman–Crippen MR) is 75.5 cm³/mol. The van der Waals surface area contributed by atoms with Gasteiger partial charge in [-0.1, -0.05) is 14.4 Å². The summed E-state index contributed by atoms with van der Waals surface area (Å²) in [4.78, 5) is 11.9. The highest BCUT2D eigenvalue weighted by Gasteiger charge is 2.25. The van der Waals surface area contributed by atoms with Gasteiger partial charge in [0.1, 0.15) is 0 Å². The molecule has 0 saturated heterocycles. The second-order valence-corrected chi connectivity index (χ2v) is 6.21. The number of carbonyl (C=O) groups excluding carboxylic acids is 1. The van der Waals surface area contributed by atoms with Crippen LogP contribution in [0.5, 0.6) is 0 Å². The van der Waals surface area contributed by atoms with Crippen LogP contribution >= 0.6 is 0 Å². The zero-order valence-electron chi connectivity index (χ0n) is 10.4. The van der Waals surface area contributed by atoms with Crippen LogP contribution in [-0.2, 0) is 21.2 Å². The minimum absolute atomic E-state index is 0. The van der Waals surface area contributed by atoms with Gasteiger partial charge in [-0.05, 0) is 43.7 Å². The number of anilines is 1. The number of nitrogens with one attached hydrogen (secondary N) is 2. The van der Waals surface area contributed by atoms with E-state index in [1.54, 1.807) is 12.1 Å². The van der Waals surface area contributed by atoms with Crippen LogP contribution in [0.1, 0.15) is 26.3 Å². The lowest BCUT2D eigenvalue weighted by molar-refractivity contribution is -0.120. The number of amides is 1. The number of benzene rings is 1. The van der Waals surface area contributed by atoms with Crippen molar-refractivity contribution in [3.05, 3.63) is 23.8 Å². The lowest BCUT2D eigenvalue weighted by atomic mass is 9.91. The SMILES string of the molecule is C.CCC1Cc2cc(S(=O)(=O)NC)ccc2NC1=O. The molecular formula is C13H20N2O3S. The van der Waals surface area contributed by atoms with E-state index in [1.807, 2.05) is 6.92 Å². The lowest BCUT2D eigenvalue weighted by Gasteiger charge is -2.24. The fraction of sp³-hybridized carbons (Fsp3) is 0.462. The molecule has 5 nitrogen and oxygen atoms in total. The van der Waals surface area contributed by atoms with Crippen molar-refractivity contribution in [1.29, 1.82) is 0 Å². The van der Waals surface area contributed by atoms with Crippen LogP contribution in [0.2, 0.25) is 0 Å². The van der Waals surface area contributed by atoms with Gasteiger partial charge in [-0.25, -0.2) is 13.1 Å². The molecule has 1 atom stereocenters. The molecule has 0 radical (unpaired) electrons. The highest BCUT2D eigenvalue weighted by molar-refractivity contribution is 7.89. The van der Waals surface area contributed by atoms with Gasteiger partial charge in [-0.2, -0.15) is 0 Å². The summed E-state index contributed by atoms with van der Waals surface area (Å²) in [5, 5.41) is 2.80. The Morgan fingerprint density at radius 3 is 2.68 bits per heavy atom. The molecule has 0 spiro atoms. The highest BCUT2D eigenvalue weighted by Crippen LogP contribution is 2.29. The van der Waals surface area contributed by atoms with Gasteiger partial charge in [0.05, 0.1) is 4.90 Å². The van der Waals surface area contributed by atoms with Crippen LogP contribution in [0.25, 0.3) is 0 Å². The maximum absolute atomic E-state index is 11.7. The molecule has 19 heavy (non-hydrogen) atoms. The van der Waals surface area contributed by atoms with Crippen LogP contribution in [0.3, 0.4) is 0 Å².